The Morgan fingerprint density at radius 2 is 2.17 bits per heavy atom. The molecule has 0 saturated carbocycles. The molecule has 5 heteroatoms. The lowest BCUT2D eigenvalue weighted by Gasteiger charge is -2.10. The van der Waals surface area contributed by atoms with Gasteiger partial charge in [0.25, 0.3) is 0 Å². The Morgan fingerprint density at radius 3 is 2.83 bits per heavy atom. The van der Waals surface area contributed by atoms with Crippen LogP contribution < -0.4 is 4.74 Å². The summed E-state index contributed by atoms with van der Waals surface area (Å²) in [5.41, 5.74) is 1.23. The molecule has 2 aromatic rings. The number of benzene rings is 1. The highest BCUT2D eigenvalue weighted by molar-refractivity contribution is 9.10. The summed E-state index contributed by atoms with van der Waals surface area (Å²) in [6, 6.07) is 8.51. The van der Waals surface area contributed by atoms with Gasteiger partial charge in [0.05, 0.1) is 12.7 Å². The molecule has 0 spiro atoms. The number of rotatable bonds is 3. The van der Waals surface area contributed by atoms with Crippen LogP contribution in [0.2, 0.25) is 0 Å². The maximum Gasteiger partial charge on any atom is 0.336 e. The Kier molecular flexibility index (Phi) is 3.62. The van der Waals surface area contributed by atoms with Gasteiger partial charge in [0, 0.05) is 16.2 Å². The van der Waals surface area contributed by atoms with Gasteiger partial charge in [-0.25, -0.2) is 4.79 Å². The number of methoxy groups -OCH3 is 1. The standard InChI is InChI=1S/C13H10BrNO3/c1-18-11-3-2-6-15-12(11)9-5-4-8(14)7-10(9)13(16)17/h2-7H,1H3,(H,16,17). The second-order valence-electron chi connectivity index (χ2n) is 3.55. The summed E-state index contributed by atoms with van der Waals surface area (Å²) in [5, 5.41) is 9.23. The van der Waals surface area contributed by atoms with Crippen molar-refractivity contribution in [3.63, 3.8) is 0 Å². The number of halogens is 1. The van der Waals surface area contributed by atoms with E-state index in [9.17, 15) is 9.90 Å². The molecule has 1 N–H and O–H groups in total. The highest BCUT2D eigenvalue weighted by atomic mass is 79.9. The van der Waals surface area contributed by atoms with E-state index in [1.54, 1.807) is 36.5 Å². The minimum atomic E-state index is -1.00. The van der Waals surface area contributed by atoms with Gasteiger partial charge >= 0.3 is 5.97 Å². The molecule has 92 valence electrons. The second kappa shape index (κ2) is 5.18. The van der Waals surface area contributed by atoms with E-state index in [1.807, 2.05) is 0 Å². The first-order chi connectivity index (χ1) is 8.63. The Hall–Kier alpha value is -1.88. The summed E-state index contributed by atoms with van der Waals surface area (Å²) in [6.45, 7) is 0. The molecule has 0 radical (unpaired) electrons. The second-order valence-corrected chi connectivity index (χ2v) is 4.47. The van der Waals surface area contributed by atoms with Gasteiger partial charge in [-0.1, -0.05) is 22.0 Å². The van der Waals surface area contributed by atoms with Crippen molar-refractivity contribution in [1.29, 1.82) is 0 Å². The number of carboxylic acids is 1. The van der Waals surface area contributed by atoms with Gasteiger partial charge in [-0.15, -0.1) is 0 Å². The van der Waals surface area contributed by atoms with Gasteiger partial charge in [-0.3, -0.25) is 4.98 Å². The summed E-state index contributed by atoms with van der Waals surface area (Å²) in [7, 11) is 1.53. The quantitative estimate of drug-likeness (QED) is 0.946. The number of hydrogen-bond donors (Lipinski definition) is 1. The van der Waals surface area contributed by atoms with Gasteiger partial charge < -0.3 is 9.84 Å². The zero-order chi connectivity index (χ0) is 13.1. The summed E-state index contributed by atoms with van der Waals surface area (Å²) in [6.07, 6.45) is 1.60. The van der Waals surface area contributed by atoms with Crippen molar-refractivity contribution in [2.24, 2.45) is 0 Å². The lowest BCUT2D eigenvalue weighted by atomic mass is 10.0. The molecule has 0 fully saturated rings. The number of nitrogens with zero attached hydrogens (tertiary/aromatic N) is 1. The molecule has 0 bridgehead atoms. The van der Waals surface area contributed by atoms with E-state index in [-0.39, 0.29) is 5.56 Å². The van der Waals surface area contributed by atoms with E-state index in [4.69, 9.17) is 4.74 Å². The van der Waals surface area contributed by atoms with E-state index in [1.165, 1.54) is 7.11 Å². The molecule has 0 saturated heterocycles. The number of carbonyl (C=O) groups is 1. The van der Waals surface area contributed by atoms with Crippen LogP contribution in [0.15, 0.2) is 41.0 Å². The average molecular weight is 308 g/mol. The predicted octanol–water partition coefficient (Wildman–Crippen LogP) is 3.22. The molecule has 1 aromatic heterocycles. The number of ether oxygens (including phenoxy) is 1. The SMILES string of the molecule is COc1cccnc1-c1ccc(Br)cc1C(=O)O. The third-order valence-electron chi connectivity index (χ3n) is 2.46. The third-order valence-corrected chi connectivity index (χ3v) is 2.95. The van der Waals surface area contributed by atoms with Gasteiger partial charge in [-0.05, 0) is 24.3 Å². The number of hydrogen-bond acceptors (Lipinski definition) is 3. The summed E-state index contributed by atoms with van der Waals surface area (Å²) < 4.78 is 5.90. The first-order valence-electron chi connectivity index (χ1n) is 5.15. The molecule has 1 heterocycles. The highest BCUT2D eigenvalue weighted by Gasteiger charge is 2.16. The molecular formula is C13H10BrNO3. The van der Waals surface area contributed by atoms with Crippen LogP contribution >= 0.6 is 15.9 Å². The van der Waals surface area contributed by atoms with E-state index in [0.29, 0.717) is 21.5 Å². The summed E-state index contributed by atoms with van der Waals surface area (Å²) in [5.74, 6) is -0.457. The molecule has 4 nitrogen and oxygen atoms in total. The molecule has 2 rings (SSSR count). The highest BCUT2D eigenvalue weighted by Crippen LogP contribution is 2.31. The fourth-order valence-electron chi connectivity index (χ4n) is 1.66. The van der Waals surface area contributed by atoms with Crippen molar-refractivity contribution in [1.82, 2.24) is 4.98 Å². The monoisotopic (exact) mass is 307 g/mol. The first kappa shape index (κ1) is 12.6. The van der Waals surface area contributed by atoms with Crippen molar-refractivity contribution in [2.45, 2.75) is 0 Å². The number of aromatic carboxylic acids is 1. The topological polar surface area (TPSA) is 59.4 Å². The van der Waals surface area contributed by atoms with Gasteiger partial charge in [0.15, 0.2) is 0 Å². The first-order valence-corrected chi connectivity index (χ1v) is 5.95. The molecule has 0 aliphatic rings. The minimum absolute atomic E-state index is 0.182. The molecule has 1 aromatic carbocycles. The maximum absolute atomic E-state index is 11.3. The smallest absolute Gasteiger partial charge is 0.336 e. The average Bonchev–Trinajstić information content (AvgIpc) is 2.38. The van der Waals surface area contributed by atoms with Crippen LogP contribution in [0.25, 0.3) is 11.3 Å². The number of pyridine rings is 1. The normalized spacial score (nSPS) is 10.1. The van der Waals surface area contributed by atoms with Crippen molar-refractivity contribution in [3.8, 4) is 17.0 Å². The van der Waals surface area contributed by atoms with Crippen molar-refractivity contribution < 1.29 is 14.6 Å². The molecule has 0 aliphatic carbocycles. The lowest BCUT2D eigenvalue weighted by molar-refractivity contribution is 0.0697. The van der Waals surface area contributed by atoms with E-state index < -0.39 is 5.97 Å². The summed E-state index contributed by atoms with van der Waals surface area (Å²) >= 11 is 3.26. The van der Waals surface area contributed by atoms with Crippen LogP contribution in [-0.2, 0) is 0 Å². The van der Waals surface area contributed by atoms with E-state index >= 15 is 0 Å². The van der Waals surface area contributed by atoms with Crippen LogP contribution in [0, 0.1) is 0 Å². The van der Waals surface area contributed by atoms with Crippen molar-refractivity contribution in [2.75, 3.05) is 7.11 Å². The van der Waals surface area contributed by atoms with Crippen molar-refractivity contribution in [3.05, 3.63) is 46.6 Å². The number of aromatic nitrogens is 1. The van der Waals surface area contributed by atoms with E-state index in [0.717, 1.165) is 0 Å². The zero-order valence-corrected chi connectivity index (χ0v) is 11.1. The molecule has 18 heavy (non-hydrogen) atoms. The van der Waals surface area contributed by atoms with Gasteiger partial charge in [-0.2, -0.15) is 0 Å². The van der Waals surface area contributed by atoms with Gasteiger partial charge in [0.2, 0.25) is 0 Å². The molecule has 0 atom stereocenters. The maximum atomic E-state index is 11.3. The molecule has 0 unspecified atom stereocenters. The third kappa shape index (κ3) is 2.36. The fraction of sp³-hybridized carbons (Fsp3) is 0.0769. The van der Waals surface area contributed by atoms with E-state index in [2.05, 4.69) is 20.9 Å². The lowest BCUT2D eigenvalue weighted by Crippen LogP contribution is -2.01. The zero-order valence-electron chi connectivity index (χ0n) is 9.55. The largest absolute Gasteiger partial charge is 0.494 e. The predicted molar refractivity (Wildman–Crippen MR) is 70.9 cm³/mol. The van der Waals surface area contributed by atoms with Crippen LogP contribution in [-0.4, -0.2) is 23.2 Å². The minimum Gasteiger partial charge on any atom is -0.494 e. The van der Waals surface area contributed by atoms with Crippen LogP contribution in [0.3, 0.4) is 0 Å². The Morgan fingerprint density at radius 1 is 1.39 bits per heavy atom. The van der Waals surface area contributed by atoms with Crippen LogP contribution in [0.5, 0.6) is 5.75 Å². The fourth-order valence-corrected chi connectivity index (χ4v) is 2.02. The summed E-state index contributed by atoms with van der Waals surface area (Å²) in [4.78, 5) is 15.4. The van der Waals surface area contributed by atoms with Gasteiger partial charge in [0.1, 0.15) is 11.4 Å². The number of carboxylic acid groups (broad SMARTS) is 1. The molecule has 0 amide bonds. The Labute approximate surface area is 112 Å². The molecule has 0 aliphatic heterocycles. The Bertz CT molecular complexity index is 599. The molecular weight excluding hydrogens is 298 g/mol. The van der Waals surface area contributed by atoms with Crippen molar-refractivity contribution >= 4 is 21.9 Å². The Balaban J connectivity index is 2.67. The van der Waals surface area contributed by atoms with Crippen LogP contribution in [0.1, 0.15) is 10.4 Å². The van der Waals surface area contributed by atoms with Crippen LogP contribution in [0.4, 0.5) is 0 Å².